The minimum Gasteiger partial charge on any atom is -0.398 e. The van der Waals surface area contributed by atoms with E-state index in [0.29, 0.717) is 33.9 Å². The molecule has 0 aliphatic carbocycles. The monoisotopic (exact) mass is 367 g/mol. The number of allylic oxidation sites excluding steroid dienone is 1. The number of rotatable bonds is 4. The van der Waals surface area contributed by atoms with Crippen LogP contribution in [0.5, 0.6) is 0 Å². The summed E-state index contributed by atoms with van der Waals surface area (Å²) < 4.78 is 1.66. The van der Waals surface area contributed by atoms with Crippen molar-refractivity contribution < 1.29 is 0 Å². The van der Waals surface area contributed by atoms with Gasteiger partial charge in [-0.2, -0.15) is 0 Å². The molecule has 134 valence electrons. The van der Waals surface area contributed by atoms with Crippen molar-refractivity contribution in [1.29, 1.82) is 0 Å². The molecule has 2 aromatic carbocycles. The first-order valence-corrected chi connectivity index (χ1v) is 8.91. The average Bonchev–Trinajstić information content (AvgIpc) is 2.58. The normalized spacial score (nSPS) is 11.3. The number of nitrogen functional groups attached to an aromatic ring is 1. The topological polar surface area (TPSA) is 60.9 Å². The standard InChI is InChI=1S/C21H22ClN3O/c1-12(2)11-17-18(23)10-9-16-19(17)24-20(13(3)4)25(21(16)26)15-7-5-14(22)6-8-15/h5-10,13H,1,11,23H2,2-4H3. The van der Waals surface area contributed by atoms with Crippen LogP contribution in [0, 0.1) is 0 Å². The molecular weight excluding hydrogens is 346 g/mol. The van der Waals surface area contributed by atoms with Gasteiger partial charge in [-0.1, -0.05) is 37.6 Å². The van der Waals surface area contributed by atoms with Crippen LogP contribution in [0.15, 0.2) is 53.3 Å². The Morgan fingerprint density at radius 3 is 2.46 bits per heavy atom. The lowest BCUT2D eigenvalue weighted by Crippen LogP contribution is -2.25. The van der Waals surface area contributed by atoms with Gasteiger partial charge in [0.15, 0.2) is 0 Å². The molecule has 3 aromatic rings. The van der Waals surface area contributed by atoms with Crippen LogP contribution >= 0.6 is 11.6 Å². The first kappa shape index (κ1) is 18.2. The van der Waals surface area contributed by atoms with Crippen LogP contribution < -0.4 is 11.3 Å². The Balaban J connectivity index is 2.40. The molecule has 5 heteroatoms. The zero-order chi connectivity index (χ0) is 19.0. The molecule has 0 fully saturated rings. The fourth-order valence-corrected chi connectivity index (χ4v) is 3.18. The zero-order valence-electron chi connectivity index (χ0n) is 15.2. The number of fused-ring (bicyclic) bond motifs is 1. The third-order valence-electron chi connectivity index (χ3n) is 4.29. The van der Waals surface area contributed by atoms with Gasteiger partial charge in [-0.3, -0.25) is 9.36 Å². The molecule has 0 unspecified atom stereocenters. The number of benzene rings is 2. The van der Waals surface area contributed by atoms with Gasteiger partial charge >= 0.3 is 0 Å². The van der Waals surface area contributed by atoms with Gasteiger partial charge in [0.05, 0.1) is 16.6 Å². The summed E-state index contributed by atoms with van der Waals surface area (Å²) in [4.78, 5) is 18.2. The summed E-state index contributed by atoms with van der Waals surface area (Å²) in [7, 11) is 0. The van der Waals surface area contributed by atoms with Gasteiger partial charge in [0.2, 0.25) is 0 Å². The maximum Gasteiger partial charge on any atom is 0.265 e. The summed E-state index contributed by atoms with van der Waals surface area (Å²) in [5.41, 5.74) is 9.93. The molecule has 0 atom stereocenters. The minimum absolute atomic E-state index is 0.0573. The van der Waals surface area contributed by atoms with E-state index in [4.69, 9.17) is 22.3 Å². The van der Waals surface area contributed by atoms with E-state index in [1.807, 2.05) is 32.9 Å². The summed E-state index contributed by atoms with van der Waals surface area (Å²) in [5, 5.41) is 1.17. The van der Waals surface area contributed by atoms with Crippen LogP contribution in [0.1, 0.15) is 38.1 Å². The van der Waals surface area contributed by atoms with E-state index in [-0.39, 0.29) is 11.5 Å². The molecule has 2 N–H and O–H groups in total. The van der Waals surface area contributed by atoms with Gasteiger partial charge in [-0.05, 0) is 49.7 Å². The van der Waals surface area contributed by atoms with E-state index >= 15 is 0 Å². The lowest BCUT2D eigenvalue weighted by molar-refractivity contribution is 0.722. The Morgan fingerprint density at radius 1 is 1.23 bits per heavy atom. The highest BCUT2D eigenvalue weighted by molar-refractivity contribution is 6.30. The van der Waals surface area contributed by atoms with Gasteiger partial charge in [0.25, 0.3) is 5.56 Å². The van der Waals surface area contributed by atoms with Crippen LogP contribution in [-0.4, -0.2) is 9.55 Å². The average molecular weight is 368 g/mol. The molecule has 0 bridgehead atoms. The van der Waals surface area contributed by atoms with Crippen LogP contribution in [0.25, 0.3) is 16.6 Å². The summed E-state index contributed by atoms with van der Waals surface area (Å²) >= 11 is 6.00. The van der Waals surface area contributed by atoms with Gasteiger partial charge in [-0.25, -0.2) is 4.98 Å². The highest BCUT2D eigenvalue weighted by atomic mass is 35.5. The van der Waals surface area contributed by atoms with Gasteiger partial charge in [0, 0.05) is 22.2 Å². The first-order valence-electron chi connectivity index (χ1n) is 8.54. The quantitative estimate of drug-likeness (QED) is 0.529. The molecule has 1 aromatic heterocycles. The highest BCUT2D eigenvalue weighted by Gasteiger charge is 2.18. The van der Waals surface area contributed by atoms with Crippen molar-refractivity contribution >= 4 is 28.2 Å². The van der Waals surface area contributed by atoms with Crippen molar-refractivity contribution in [3.05, 3.63) is 75.3 Å². The molecule has 0 amide bonds. The lowest BCUT2D eigenvalue weighted by Gasteiger charge is -2.18. The number of anilines is 1. The van der Waals surface area contributed by atoms with Crippen molar-refractivity contribution in [3.8, 4) is 5.69 Å². The zero-order valence-corrected chi connectivity index (χ0v) is 16.0. The Morgan fingerprint density at radius 2 is 1.88 bits per heavy atom. The largest absolute Gasteiger partial charge is 0.398 e. The Hall–Kier alpha value is -2.59. The van der Waals surface area contributed by atoms with Crippen molar-refractivity contribution in [3.63, 3.8) is 0 Å². The molecule has 0 saturated heterocycles. The predicted octanol–water partition coefficient (Wildman–Crippen LogP) is 4.86. The van der Waals surface area contributed by atoms with E-state index in [0.717, 1.165) is 16.8 Å². The smallest absolute Gasteiger partial charge is 0.265 e. The van der Waals surface area contributed by atoms with E-state index in [1.54, 1.807) is 28.8 Å². The van der Waals surface area contributed by atoms with E-state index in [1.165, 1.54) is 0 Å². The van der Waals surface area contributed by atoms with Gasteiger partial charge in [-0.15, -0.1) is 0 Å². The second-order valence-electron chi connectivity index (χ2n) is 6.91. The van der Waals surface area contributed by atoms with Gasteiger partial charge in [0.1, 0.15) is 5.82 Å². The highest BCUT2D eigenvalue weighted by Crippen LogP contribution is 2.26. The van der Waals surface area contributed by atoms with Gasteiger partial charge < -0.3 is 5.73 Å². The molecule has 26 heavy (non-hydrogen) atoms. The molecular formula is C21H22ClN3O. The molecule has 0 aliphatic heterocycles. The fraction of sp³-hybridized carbons (Fsp3) is 0.238. The number of nitrogens with two attached hydrogens (primary N) is 1. The maximum absolute atomic E-state index is 13.3. The van der Waals surface area contributed by atoms with E-state index in [9.17, 15) is 4.79 Å². The Kier molecular flexibility index (Phi) is 4.88. The van der Waals surface area contributed by atoms with Crippen LogP contribution in [-0.2, 0) is 6.42 Å². The minimum atomic E-state index is -0.107. The van der Waals surface area contributed by atoms with Crippen LogP contribution in [0.3, 0.4) is 0 Å². The lowest BCUT2D eigenvalue weighted by atomic mass is 10.0. The SMILES string of the molecule is C=C(C)Cc1c(N)ccc2c(=O)n(-c3ccc(Cl)cc3)c(C(C)C)nc12. The van der Waals surface area contributed by atoms with Crippen molar-refractivity contribution in [2.24, 2.45) is 0 Å². The molecule has 0 aliphatic rings. The Labute approximate surface area is 157 Å². The number of hydrogen-bond acceptors (Lipinski definition) is 3. The number of hydrogen-bond donors (Lipinski definition) is 1. The number of aromatic nitrogens is 2. The second kappa shape index (κ2) is 6.96. The maximum atomic E-state index is 13.3. The van der Waals surface area contributed by atoms with E-state index in [2.05, 4.69) is 6.58 Å². The van der Waals surface area contributed by atoms with Crippen LogP contribution in [0.4, 0.5) is 5.69 Å². The molecule has 0 radical (unpaired) electrons. The third-order valence-corrected chi connectivity index (χ3v) is 4.54. The predicted molar refractivity (Wildman–Crippen MR) is 109 cm³/mol. The first-order chi connectivity index (χ1) is 12.3. The second-order valence-corrected chi connectivity index (χ2v) is 7.34. The van der Waals surface area contributed by atoms with Crippen LogP contribution in [0.2, 0.25) is 5.02 Å². The Bertz CT molecular complexity index is 1050. The van der Waals surface area contributed by atoms with Crippen molar-refractivity contribution in [1.82, 2.24) is 9.55 Å². The summed E-state index contributed by atoms with van der Waals surface area (Å²) in [5.74, 6) is 0.750. The van der Waals surface area contributed by atoms with E-state index < -0.39 is 0 Å². The summed E-state index contributed by atoms with van der Waals surface area (Å²) in [6, 6.07) is 10.7. The van der Waals surface area contributed by atoms with Crippen molar-refractivity contribution in [2.75, 3.05) is 5.73 Å². The molecule has 0 spiro atoms. The molecule has 3 rings (SSSR count). The molecule has 4 nitrogen and oxygen atoms in total. The molecule has 0 saturated carbocycles. The van der Waals surface area contributed by atoms with Crippen molar-refractivity contribution in [2.45, 2.75) is 33.1 Å². The molecule has 1 heterocycles. The number of halogens is 1. The fourth-order valence-electron chi connectivity index (χ4n) is 3.06. The summed E-state index contributed by atoms with van der Waals surface area (Å²) in [6.07, 6.45) is 0.595. The third kappa shape index (κ3) is 3.25. The number of nitrogens with zero attached hydrogens (tertiary/aromatic N) is 2. The summed E-state index contributed by atoms with van der Waals surface area (Å²) in [6.45, 7) is 9.95.